The molecule has 1 amide bonds. The molecule has 0 saturated carbocycles. The van der Waals surface area contributed by atoms with Crippen LogP contribution in [0.2, 0.25) is 0 Å². The van der Waals surface area contributed by atoms with Crippen LogP contribution in [0.25, 0.3) is 0 Å². The number of halogens is 2. The molecule has 0 atom stereocenters. The van der Waals surface area contributed by atoms with Crippen LogP contribution in [0.1, 0.15) is 20.8 Å². The largest absolute Gasteiger partial charge is 0.453 e. The van der Waals surface area contributed by atoms with E-state index in [1.807, 2.05) is 57.2 Å². The number of rotatable bonds is 1. The summed E-state index contributed by atoms with van der Waals surface area (Å²) in [5, 5.41) is 0. The first-order chi connectivity index (χ1) is 12.7. The normalized spacial score (nSPS) is 16.2. The number of fused-ring (bicyclic) bond motifs is 2. The number of amides is 1. The molecule has 142 valence electrons. The van der Waals surface area contributed by atoms with Gasteiger partial charge in [0.1, 0.15) is 5.60 Å². The maximum absolute atomic E-state index is 12.3. The first-order valence-corrected chi connectivity index (χ1v) is 10.3. The summed E-state index contributed by atoms with van der Waals surface area (Å²) in [6.45, 7) is 6.87. The van der Waals surface area contributed by atoms with E-state index in [1.54, 1.807) is 4.90 Å². The summed E-state index contributed by atoms with van der Waals surface area (Å²) < 4.78 is 13.5. The minimum atomic E-state index is -0.487. The van der Waals surface area contributed by atoms with E-state index in [9.17, 15) is 4.79 Å². The zero-order chi connectivity index (χ0) is 19.3. The van der Waals surface area contributed by atoms with Crippen LogP contribution >= 0.6 is 31.9 Å². The van der Waals surface area contributed by atoms with Crippen molar-refractivity contribution in [1.82, 2.24) is 4.90 Å². The minimum absolute atomic E-state index is 0.168. The lowest BCUT2D eigenvalue weighted by atomic mass is 10.0. The topological polar surface area (TPSA) is 42.0 Å². The van der Waals surface area contributed by atoms with E-state index in [1.165, 1.54) is 0 Å². The first-order valence-electron chi connectivity index (χ1n) is 8.75. The van der Waals surface area contributed by atoms with E-state index >= 15 is 0 Å². The van der Waals surface area contributed by atoms with Crippen LogP contribution in [0.4, 0.5) is 16.2 Å². The lowest BCUT2D eigenvalue weighted by Crippen LogP contribution is -2.61. The van der Waals surface area contributed by atoms with Crippen LogP contribution in [0, 0.1) is 0 Å². The third-order valence-corrected chi connectivity index (χ3v) is 5.45. The average Bonchev–Trinajstić information content (AvgIpc) is 2.50. The molecule has 2 aromatic carbocycles. The summed E-state index contributed by atoms with van der Waals surface area (Å²) in [6.07, 6.45) is -0.265. The van der Waals surface area contributed by atoms with E-state index in [0.717, 1.165) is 31.8 Å². The number of benzene rings is 2. The lowest BCUT2D eigenvalue weighted by molar-refractivity contribution is 0.00883. The van der Waals surface area contributed by atoms with Crippen molar-refractivity contribution in [3.05, 3.63) is 45.3 Å². The Labute approximate surface area is 175 Å². The summed E-state index contributed by atoms with van der Waals surface area (Å²) >= 11 is 7.02. The van der Waals surface area contributed by atoms with Gasteiger partial charge in [-0.05, 0) is 57.2 Å². The second-order valence-corrected chi connectivity index (χ2v) is 9.57. The highest BCUT2D eigenvalue weighted by atomic mass is 79.9. The molecule has 0 aromatic heterocycles. The Balaban J connectivity index is 1.61. The van der Waals surface area contributed by atoms with Gasteiger partial charge in [-0.2, -0.15) is 0 Å². The fourth-order valence-electron chi connectivity index (χ4n) is 3.27. The van der Waals surface area contributed by atoms with Gasteiger partial charge in [0.15, 0.2) is 11.5 Å². The Morgan fingerprint density at radius 1 is 1.04 bits per heavy atom. The molecule has 1 saturated heterocycles. The number of hydrogen-bond acceptors (Lipinski definition) is 4. The summed E-state index contributed by atoms with van der Waals surface area (Å²) in [5.74, 6) is 1.59. The highest BCUT2D eigenvalue weighted by Gasteiger charge is 2.40. The van der Waals surface area contributed by atoms with Gasteiger partial charge in [-0.1, -0.05) is 31.9 Å². The van der Waals surface area contributed by atoms with E-state index in [4.69, 9.17) is 9.47 Å². The second kappa shape index (κ2) is 6.71. The van der Waals surface area contributed by atoms with Crippen molar-refractivity contribution in [2.75, 3.05) is 18.0 Å². The van der Waals surface area contributed by atoms with E-state index in [-0.39, 0.29) is 12.1 Å². The highest BCUT2D eigenvalue weighted by Crippen LogP contribution is 2.50. The van der Waals surface area contributed by atoms with Crippen LogP contribution in [-0.4, -0.2) is 35.7 Å². The Morgan fingerprint density at radius 3 is 2.04 bits per heavy atom. The fourth-order valence-corrected chi connectivity index (χ4v) is 3.95. The van der Waals surface area contributed by atoms with Crippen molar-refractivity contribution < 1.29 is 14.3 Å². The second-order valence-electron chi connectivity index (χ2n) is 7.74. The maximum Gasteiger partial charge on any atom is 0.410 e. The van der Waals surface area contributed by atoms with Gasteiger partial charge in [0.05, 0.1) is 17.4 Å². The Bertz CT molecular complexity index is 853. The molecule has 0 radical (unpaired) electrons. The lowest BCUT2D eigenvalue weighted by Gasteiger charge is -2.47. The smallest absolute Gasteiger partial charge is 0.410 e. The molecule has 2 aromatic rings. The zero-order valence-electron chi connectivity index (χ0n) is 15.3. The number of carbonyl (C=O) groups excluding carboxylic acids is 1. The maximum atomic E-state index is 12.3. The van der Waals surface area contributed by atoms with Crippen molar-refractivity contribution in [3.63, 3.8) is 0 Å². The number of ether oxygens (including phenoxy) is 2. The molecule has 0 unspecified atom stereocenters. The van der Waals surface area contributed by atoms with Gasteiger partial charge in [-0.3, -0.25) is 0 Å². The van der Waals surface area contributed by atoms with Crippen LogP contribution < -0.4 is 9.64 Å². The molecule has 0 N–H and O–H groups in total. The Morgan fingerprint density at radius 2 is 1.56 bits per heavy atom. The quantitative estimate of drug-likeness (QED) is 0.481. The number of anilines is 2. The van der Waals surface area contributed by atoms with Gasteiger partial charge < -0.3 is 19.3 Å². The Hall–Kier alpha value is -1.73. The van der Waals surface area contributed by atoms with Gasteiger partial charge in [0, 0.05) is 22.0 Å². The van der Waals surface area contributed by atoms with Crippen molar-refractivity contribution >= 4 is 49.3 Å². The summed E-state index contributed by atoms with van der Waals surface area (Å²) in [5.41, 5.74) is 1.52. The van der Waals surface area contributed by atoms with E-state index in [0.29, 0.717) is 13.1 Å². The summed E-state index contributed by atoms with van der Waals surface area (Å²) in [7, 11) is 0. The summed E-state index contributed by atoms with van der Waals surface area (Å²) in [4.78, 5) is 16.3. The molecule has 1 fully saturated rings. The predicted molar refractivity (Wildman–Crippen MR) is 112 cm³/mol. The molecule has 5 nitrogen and oxygen atoms in total. The number of nitrogens with zero attached hydrogens (tertiary/aromatic N) is 2. The van der Waals surface area contributed by atoms with Crippen LogP contribution in [0.5, 0.6) is 11.5 Å². The third kappa shape index (κ3) is 3.67. The van der Waals surface area contributed by atoms with Gasteiger partial charge in [0.2, 0.25) is 0 Å². The van der Waals surface area contributed by atoms with E-state index in [2.05, 4.69) is 36.8 Å². The molecular formula is C20H20Br2N2O3. The highest BCUT2D eigenvalue weighted by molar-refractivity contribution is 9.10. The van der Waals surface area contributed by atoms with Crippen molar-refractivity contribution in [3.8, 4) is 11.5 Å². The van der Waals surface area contributed by atoms with Crippen LogP contribution in [0.3, 0.4) is 0 Å². The van der Waals surface area contributed by atoms with Crippen LogP contribution in [0.15, 0.2) is 45.3 Å². The van der Waals surface area contributed by atoms with E-state index < -0.39 is 5.60 Å². The molecule has 2 aliphatic rings. The predicted octanol–water partition coefficient (Wildman–Crippen LogP) is 6.07. The summed E-state index contributed by atoms with van der Waals surface area (Å²) in [6, 6.07) is 12.2. The zero-order valence-corrected chi connectivity index (χ0v) is 18.5. The standard InChI is InChI=1S/C20H20Br2N2O3/c1-20(2,3)27-19(25)23-10-14(11-23)24-15-6-4-12(21)8-17(15)26-18-9-13(22)5-7-16(18)24/h4-9,14H,10-11H2,1-3H3. The Kier molecular flexibility index (Phi) is 4.63. The third-order valence-electron chi connectivity index (χ3n) is 4.46. The number of hydrogen-bond donors (Lipinski definition) is 0. The van der Waals surface area contributed by atoms with Crippen molar-refractivity contribution in [1.29, 1.82) is 0 Å². The monoisotopic (exact) mass is 494 g/mol. The molecule has 2 heterocycles. The number of likely N-dealkylation sites (tertiary alicyclic amines) is 1. The molecular weight excluding hydrogens is 476 g/mol. The molecule has 7 heteroatoms. The van der Waals surface area contributed by atoms with Gasteiger partial charge in [0.25, 0.3) is 0 Å². The minimum Gasteiger partial charge on any atom is -0.453 e. The number of carbonyl (C=O) groups is 1. The van der Waals surface area contributed by atoms with Crippen molar-refractivity contribution in [2.24, 2.45) is 0 Å². The van der Waals surface area contributed by atoms with Crippen molar-refractivity contribution in [2.45, 2.75) is 32.4 Å². The first kappa shape index (κ1) is 18.6. The van der Waals surface area contributed by atoms with Gasteiger partial charge >= 0.3 is 6.09 Å². The molecule has 0 bridgehead atoms. The average molecular weight is 496 g/mol. The molecule has 27 heavy (non-hydrogen) atoms. The molecule has 0 spiro atoms. The molecule has 2 aliphatic heterocycles. The SMILES string of the molecule is CC(C)(C)OC(=O)N1CC(N2c3ccc(Br)cc3Oc3cc(Br)ccc32)C1. The van der Waals surface area contributed by atoms with Gasteiger partial charge in [-0.15, -0.1) is 0 Å². The van der Waals surface area contributed by atoms with Gasteiger partial charge in [-0.25, -0.2) is 4.79 Å². The fraction of sp³-hybridized carbons (Fsp3) is 0.350. The molecule has 0 aliphatic carbocycles. The van der Waals surface area contributed by atoms with Crippen LogP contribution in [-0.2, 0) is 4.74 Å². The molecule has 4 rings (SSSR count).